The maximum absolute atomic E-state index is 14.1. The van der Waals surface area contributed by atoms with Crippen LogP contribution < -0.4 is 14.8 Å². The number of benzene rings is 4. The van der Waals surface area contributed by atoms with Crippen LogP contribution in [0.2, 0.25) is 0 Å². The summed E-state index contributed by atoms with van der Waals surface area (Å²) in [6, 6.07) is 26.5. The number of esters is 1. The van der Waals surface area contributed by atoms with Crippen molar-refractivity contribution in [2.75, 3.05) is 7.11 Å². The number of hydrogen-bond acceptors (Lipinski definition) is 5. The third kappa shape index (κ3) is 7.41. The predicted molar refractivity (Wildman–Crippen MR) is 141 cm³/mol. The Morgan fingerprint density at radius 1 is 0.744 bits per heavy atom. The lowest BCUT2D eigenvalue weighted by Crippen LogP contribution is -2.43. The number of nitrogens with one attached hydrogen (secondary N) is 1. The highest BCUT2D eigenvalue weighted by Gasteiger charge is 2.25. The van der Waals surface area contributed by atoms with Gasteiger partial charge in [-0.05, 0) is 41.0 Å². The van der Waals surface area contributed by atoms with Crippen LogP contribution in [0.3, 0.4) is 0 Å². The first-order valence-electron chi connectivity index (χ1n) is 12.2. The number of halogens is 2. The fourth-order valence-corrected chi connectivity index (χ4v) is 3.87. The fraction of sp³-hybridized carbons (Fsp3) is 0.161. The molecule has 0 fully saturated rings. The standard InChI is InChI=1S/C31H27F2NO5/c1-37-31(36)26(34-30(35)24-13-8-14-25(32)29(24)33)17-23-15-16-27(38-19-21-9-4-2-5-10-21)28(18-23)39-20-22-11-6-3-7-12-22/h2-16,18,26H,17,19-20H2,1H3,(H,34,35)/t26-/m0/s1. The Morgan fingerprint density at radius 2 is 1.36 bits per heavy atom. The molecule has 4 aromatic rings. The van der Waals surface area contributed by atoms with Crippen LogP contribution >= 0.6 is 0 Å². The molecule has 1 N–H and O–H groups in total. The van der Waals surface area contributed by atoms with Crippen LogP contribution in [-0.2, 0) is 29.2 Å². The highest BCUT2D eigenvalue weighted by molar-refractivity contribution is 5.97. The zero-order valence-electron chi connectivity index (χ0n) is 21.2. The zero-order valence-corrected chi connectivity index (χ0v) is 21.2. The molecule has 8 heteroatoms. The van der Waals surface area contributed by atoms with E-state index in [1.807, 2.05) is 60.7 Å². The van der Waals surface area contributed by atoms with E-state index in [1.165, 1.54) is 13.2 Å². The molecule has 4 aromatic carbocycles. The van der Waals surface area contributed by atoms with Gasteiger partial charge in [0.1, 0.15) is 19.3 Å². The normalized spacial score (nSPS) is 11.4. The third-order valence-corrected chi connectivity index (χ3v) is 5.91. The van der Waals surface area contributed by atoms with Gasteiger partial charge in [0, 0.05) is 6.42 Å². The fourth-order valence-electron chi connectivity index (χ4n) is 3.87. The largest absolute Gasteiger partial charge is 0.485 e. The van der Waals surface area contributed by atoms with Gasteiger partial charge in [-0.15, -0.1) is 0 Å². The molecule has 0 aliphatic carbocycles. The molecule has 0 aliphatic rings. The van der Waals surface area contributed by atoms with E-state index in [9.17, 15) is 18.4 Å². The van der Waals surface area contributed by atoms with E-state index in [0.29, 0.717) is 23.7 Å². The second kappa shape index (κ2) is 13.2. The van der Waals surface area contributed by atoms with Crippen molar-refractivity contribution in [1.29, 1.82) is 0 Å². The van der Waals surface area contributed by atoms with E-state index in [0.717, 1.165) is 23.3 Å². The van der Waals surface area contributed by atoms with Crippen molar-refractivity contribution in [2.24, 2.45) is 0 Å². The Morgan fingerprint density at radius 3 is 1.97 bits per heavy atom. The molecule has 0 radical (unpaired) electrons. The molecule has 6 nitrogen and oxygen atoms in total. The number of carbonyl (C=O) groups excluding carboxylic acids is 2. The van der Waals surface area contributed by atoms with Gasteiger partial charge in [-0.3, -0.25) is 4.79 Å². The van der Waals surface area contributed by atoms with E-state index in [2.05, 4.69) is 5.32 Å². The Labute approximate surface area is 225 Å². The lowest BCUT2D eigenvalue weighted by molar-refractivity contribution is -0.142. The number of rotatable bonds is 11. The first-order chi connectivity index (χ1) is 18.9. The van der Waals surface area contributed by atoms with Gasteiger partial charge in [0.25, 0.3) is 5.91 Å². The number of hydrogen-bond donors (Lipinski definition) is 1. The lowest BCUT2D eigenvalue weighted by Gasteiger charge is -2.19. The number of ether oxygens (including phenoxy) is 3. The Balaban J connectivity index is 1.55. The molecular weight excluding hydrogens is 504 g/mol. The second-order valence-corrected chi connectivity index (χ2v) is 8.68. The van der Waals surface area contributed by atoms with Crippen LogP contribution in [-0.4, -0.2) is 25.0 Å². The zero-order chi connectivity index (χ0) is 27.6. The van der Waals surface area contributed by atoms with E-state index >= 15 is 0 Å². The van der Waals surface area contributed by atoms with Crippen LogP contribution in [0.5, 0.6) is 11.5 Å². The topological polar surface area (TPSA) is 73.9 Å². The van der Waals surface area contributed by atoms with Gasteiger partial charge in [0.15, 0.2) is 23.1 Å². The molecule has 0 spiro atoms. The Kier molecular flexibility index (Phi) is 9.24. The van der Waals surface area contributed by atoms with E-state index < -0.39 is 35.1 Å². The molecule has 1 atom stereocenters. The van der Waals surface area contributed by atoms with Crippen molar-refractivity contribution in [3.05, 3.63) is 131 Å². The van der Waals surface area contributed by atoms with Crippen LogP contribution in [0.4, 0.5) is 8.78 Å². The first kappa shape index (κ1) is 27.3. The number of methoxy groups -OCH3 is 1. The van der Waals surface area contributed by atoms with Gasteiger partial charge in [0.05, 0.1) is 12.7 Å². The summed E-state index contributed by atoms with van der Waals surface area (Å²) in [4.78, 5) is 25.2. The first-order valence-corrected chi connectivity index (χ1v) is 12.2. The Hall–Kier alpha value is -4.72. The second-order valence-electron chi connectivity index (χ2n) is 8.68. The van der Waals surface area contributed by atoms with Gasteiger partial charge in [-0.1, -0.05) is 72.8 Å². The van der Waals surface area contributed by atoms with Crippen LogP contribution in [0.1, 0.15) is 27.0 Å². The van der Waals surface area contributed by atoms with Crippen molar-refractivity contribution in [3.8, 4) is 11.5 Å². The number of carbonyl (C=O) groups is 2. The van der Waals surface area contributed by atoms with Gasteiger partial charge in [-0.2, -0.15) is 0 Å². The van der Waals surface area contributed by atoms with Gasteiger partial charge >= 0.3 is 5.97 Å². The Bertz CT molecular complexity index is 1410. The summed E-state index contributed by atoms with van der Waals surface area (Å²) in [7, 11) is 1.18. The molecule has 200 valence electrons. The van der Waals surface area contributed by atoms with Crippen LogP contribution in [0.25, 0.3) is 0 Å². The van der Waals surface area contributed by atoms with E-state index in [-0.39, 0.29) is 13.0 Å². The minimum Gasteiger partial charge on any atom is -0.485 e. The van der Waals surface area contributed by atoms with E-state index in [4.69, 9.17) is 14.2 Å². The summed E-state index contributed by atoms with van der Waals surface area (Å²) in [6.45, 7) is 0.601. The summed E-state index contributed by atoms with van der Waals surface area (Å²) < 4.78 is 44.7. The van der Waals surface area contributed by atoms with Crippen molar-refractivity contribution < 1.29 is 32.6 Å². The molecule has 0 heterocycles. The SMILES string of the molecule is COC(=O)[C@H](Cc1ccc(OCc2ccccc2)c(OCc2ccccc2)c1)NC(=O)c1cccc(F)c1F. The van der Waals surface area contributed by atoms with Crippen molar-refractivity contribution in [2.45, 2.75) is 25.7 Å². The van der Waals surface area contributed by atoms with Gasteiger partial charge in [-0.25, -0.2) is 13.6 Å². The highest BCUT2D eigenvalue weighted by Crippen LogP contribution is 2.31. The highest BCUT2D eigenvalue weighted by atomic mass is 19.2. The van der Waals surface area contributed by atoms with E-state index in [1.54, 1.807) is 18.2 Å². The van der Waals surface area contributed by atoms with Crippen molar-refractivity contribution >= 4 is 11.9 Å². The summed E-state index contributed by atoms with van der Waals surface area (Å²) >= 11 is 0. The molecule has 0 bridgehead atoms. The summed E-state index contributed by atoms with van der Waals surface area (Å²) in [5.41, 5.74) is 2.04. The molecule has 4 rings (SSSR count). The molecule has 0 saturated heterocycles. The summed E-state index contributed by atoms with van der Waals surface area (Å²) in [5.74, 6) is -3.20. The third-order valence-electron chi connectivity index (χ3n) is 5.91. The smallest absolute Gasteiger partial charge is 0.328 e. The van der Waals surface area contributed by atoms with Crippen molar-refractivity contribution in [1.82, 2.24) is 5.32 Å². The molecule has 1 amide bonds. The molecule has 0 saturated carbocycles. The average molecular weight is 532 g/mol. The van der Waals surface area contributed by atoms with Crippen LogP contribution in [0.15, 0.2) is 97.1 Å². The maximum atomic E-state index is 14.1. The summed E-state index contributed by atoms with van der Waals surface area (Å²) in [5, 5.41) is 2.45. The maximum Gasteiger partial charge on any atom is 0.328 e. The quantitative estimate of drug-likeness (QED) is 0.254. The average Bonchev–Trinajstić information content (AvgIpc) is 2.97. The molecule has 0 unspecified atom stereocenters. The van der Waals surface area contributed by atoms with Crippen LogP contribution in [0, 0.1) is 11.6 Å². The van der Waals surface area contributed by atoms with Gasteiger partial charge in [0.2, 0.25) is 0 Å². The minimum absolute atomic E-state index is 0.00993. The molecule has 0 aromatic heterocycles. The molecular formula is C31H27F2NO5. The van der Waals surface area contributed by atoms with Crippen molar-refractivity contribution in [3.63, 3.8) is 0 Å². The lowest BCUT2D eigenvalue weighted by atomic mass is 10.0. The predicted octanol–water partition coefficient (Wildman–Crippen LogP) is 5.64. The molecule has 39 heavy (non-hydrogen) atoms. The summed E-state index contributed by atoms with van der Waals surface area (Å²) in [6.07, 6.45) is 0.00993. The van der Waals surface area contributed by atoms with Gasteiger partial charge < -0.3 is 19.5 Å². The molecule has 0 aliphatic heterocycles. The monoisotopic (exact) mass is 531 g/mol. The number of amides is 1. The minimum atomic E-state index is -1.30.